The average molecular weight is 183 g/mol. The molecule has 72 valence electrons. The van der Waals surface area contributed by atoms with Gasteiger partial charge in [-0.1, -0.05) is 18.2 Å². The SMILES string of the molecule is COCC(CF)Nc1ccccc1. The van der Waals surface area contributed by atoms with Crippen LogP contribution in [0, 0.1) is 0 Å². The fourth-order valence-electron chi connectivity index (χ4n) is 1.10. The molecule has 1 unspecified atom stereocenters. The predicted molar refractivity (Wildman–Crippen MR) is 51.7 cm³/mol. The largest absolute Gasteiger partial charge is 0.382 e. The quantitative estimate of drug-likeness (QED) is 0.754. The molecule has 0 aromatic heterocycles. The third kappa shape index (κ3) is 3.42. The van der Waals surface area contributed by atoms with Crippen LogP contribution in [0.25, 0.3) is 0 Å². The van der Waals surface area contributed by atoms with Crippen LogP contribution in [0.3, 0.4) is 0 Å². The Kier molecular flexibility index (Phi) is 4.26. The van der Waals surface area contributed by atoms with Crippen LogP contribution in [0.1, 0.15) is 0 Å². The fraction of sp³-hybridized carbons (Fsp3) is 0.400. The summed E-state index contributed by atoms with van der Waals surface area (Å²) in [6.45, 7) is -0.0475. The molecule has 1 rings (SSSR count). The van der Waals surface area contributed by atoms with E-state index in [1.807, 2.05) is 30.3 Å². The minimum Gasteiger partial charge on any atom is -0.382 e. The first-order valence-corrected chi connectivity index (χ1v) is 4.23. The first kappa shape index (κ1) is 9.99. The molecule has 0 aliphatic rings. The lowest BCUT2D eigenvalue weighted by Gasteiger charge is -2.15. The van der Waals surface area contributed by atoms with Gasteiger partial charge in [0.15, 0.2) is 0 Å². The van der Waals surface area contributed by atoms with Crippen molar-refractivity contribution in [3.05, 3.63) is 30.3 Å². The Morgan fingerprint density at radius 1 is 1.38 bits per heavy atom. The summed E-state index contributed by atoms with van der Waals surface area (Å²) in [7, 11) is 1.56. The molecular weight excluding hydrogens is 169 g/mol. The van der Waals surface area contributed by atoms with Crippen molar-refractivity contribution >= 4 is 5.69 Å². The Bertz CT molecular complexity index is 228. The number of ether oxygens (including phenoxy) is 1. The van der Waals surface area contributed by atoms with Crippen molar-refractivity contribution in [2.75, 3.05) is 25.7 Å². The number of para-hydroxylation sites is 1. The van der Waals surface area contributed by atoms with E-state index in [9.17, 15) is 4.39 Å². The van der Waals surface area contributed by atoms with Crippen molar-refractivity contribution < 1.29 is 9.13 Å². The molecule has 0 radical (unpaired) electrons. The van der Waals surface area contributed by atoms with Gasteiger partial charge in [-0.3, -0.25) is 0 Å². The van der Waals surface area contributed by atoms with Gasteiger partial charge in [0.25, 0.3) is 0 Å². The summed E-state index contributed by atoms with van der Waals surface area (Å²) in [4.78, 5) is 0. The number of halogens is 1. The Labute approximate surface area is 77.7 Å². The molecule has 0 aliphatic carbocycles. The van der Waals surface area contributed by atoms with Crippen molar-refractivity contribution in [1.29, 1.82) is 0 Å². The Balaban J connectivity index is 2.46. The number of benzene rings is 1. The molecule has 0 saturated heterocycles. The van der Waals surface area contributed by atoms with Crippen molar-refractivity contribution in [3.63, 3.8) is 0 Å². The van der Waals surface area contributed by atoms with Gasteiger partial charge in [-0.2, -0.15) is 0 Å². The highest BCUT2D eigenvalue weighted by molar-refractivity contribution is 5.43. The molecular formula is C10H14FNO. The van der Waals surface area contributed by atoms with Crippen LogP contribution in [0.2, 0.25) is 0 Å². The summed E-state index contributed by atoms with van der Waals surface area (Å²) in [6, 6.07) is 9.28. The number of hydrogen-bond acceptors (Lipinski definition) is 2. The number of rotatable bonds is 5. The van der Waals surface area contributed by atoms with Crippen molar-refractivity contribution in [2.24, 2.45) is 0 Å². The third-order valence-corrected chi connectivity index (χ3v) is 1.70. The van der Waals surface area contributed by atoms with Gasteiger partial charge in [0.2, 0.25) is 0 Å². The molecule has 0 spiro atoms. The van der Waals surface area contributed by atoms with Crippen LogP contribution in [0.15, 0.2) is 30.3 Å². The minimum absolute atomic E-state index is 0.257. The number of hydrogen-bond donors (Lipinski definition) is 1. The third-order valence-electron chi connectivity index (χ3n) is 1.70. The molecule has 0 amide bonds. The molecule has 1 atom stereocenters. The van der Waals surface area contributed by atoms with Gasteiger partial charge in [0, 0.05) is 12.8 Å². The van der Waals surface area contributed by atoms with E-state index in [4.69, 9.17) is 4.74 Å². The van der Waals surface area contributed by atoms with Crippen LogP contribution in [0.5, 0.6) is 0 Å². The van der Waals surface area contributed by atoms with Crippen molar-refractivity contribution in [3.8, 4) is 0 Å². The molecule has 3 heteroatoms. The highest BCUT2D eigenvalue weighted by Crippen LogP contribution is 2.07. The highest BCUT2D eigenvalue weighted by atomic mass is 19.1. The molecule has 2 nitrogen and oxygen atoms in total. The molecule has 0 saturated carbocycles. The number of nitrogens with one attached hydrogen (secondary N) is 1. The molecule has 1 aromatic rings. The Morgan fingerprint density at radius 2 is 2.08 bits per heavy atom. The van der Waals surface area contributed by atoms with Gasteiger partial charge < -0.3 is 10.1 Å². The van der Waals surface area contributed by atoms with E-state index in [1.54, 1.807) is 7.11 Å². The summed E-state index contributed by atoms with van der Waals surface area (Å²) in [5.41, 5.74) is 0.919. The van der Waals surface area contributed by atoms with Gasteiger partial charge in [-0.25, -0.2) is 4.39 Å². The lowest BCUT2D eigenvalue weighted by Crippen LogP contribution is -2.26. The molecule has 1 N–H and O–H groups in total. The van der Waals surface area contributed by atoms with Crippen LogP contribution in [-0.2, 0) is 4.74 Å². The summed E-state index contributed by atoms with van der Waals surface area (Å²) < 4.78 is 17.3. The molecule has 1 aromatic carbocycles. The van der Waals surface area contributed by atoms with Gasteiger partial charge in [-0.05, 0) is 12.1 Å². The zero-order valence-electron chi connectivity index (χ0n) is 7.66. The van der Waals surface area contributed by atoms with E-state index in [1.165, 1.54) is 0 Å². The maximum atomic E-state index is 12.4. The number of methoxy groups -OCH3 is 1. The maximum absolute atomic E-state index is 12.4. The molecule has 0 bridgehead atoms. The van der Waals surface area contributed by atoms with E-state index in [2.05, 4.69) is 5.32 Å². The predicted octanol–water partition coefficient (Wildman–Crippen LogP) is 2.08. The average Bonchev–Trinajstić information content (AvgIpc) is 2.19. The Morgan fingerprint density at radius 3 is 2.62 bits per heavy atom. The van der Waals surface area contributed by atoms with E-state index in [0.717, 1.165) is 5.69 Å². The van der Waals surface area contributed by atoms with Crippen molar-refractivity contribution in [2.45, 2.75) is 6.04 Å². The van der Waals surface area contributed by atoms with Crippen LogP contribution in [0.4, 0.5) is 10.1 Å². The maximum Gasteiger partial charge on any atom is 0.112 e. The minimum atomic E-state index is -0.428. The lowest BCUT2D eigenvalue weighted by atomic mass is 10.3. The summed E-state index contributed by atoms with van der Waals surface area (Å²) in [5, 5.41) is 3.03. The van der Waals surface area contributed by atoms with Gasteiger partial charge in [0.1, 0.15) is 6.67 Å². The molecule has 0 heterocycles. The second-order valence-corrected chi connectivity index (χ2v) is 2.82. The topological polar surface area (TPSA) is 21.3 Å². The highest BCUT2D eigenvalue weighted by Gasteiger charge is 2.06. The zero-order valence-corrected chi connectivity index (χ0v) is 7.66. The first-order valence-electron chi connectivity index (χ1n) is 4.23. The molecule has 13 heavy (non-hydrogen) atoms. The van der Waals surface area contributed by atoms with Gasteiger partial charge in [0.05, 0.1) is 12.6 Å². The monoisotopic (exact) mass is 183 g/mol. The second kappa shape index (κ2) is 5.54. The van der Waals surface area contributed by atoms with E-state index < -0.39 is 6.67 Å². The second-order valence-electron chi connectivity index (χ2n) is 2.82. The van der Waals surface area contributed by atoms with Gasteiger partial charge in [-0.15, -0.1) is 0 Å². The smallest absolute Gasteiger partial charge is 0.112 e. The fourth-order valence-corrected chi connectivity index (χ4v) is 1.10. The number of anilines is 1. The van der Waals surface area contributed by atoms with Crippen molar-refractivity contribution in [1.82, 2.24) is 0 Å². The first-order chi connectivity index (χ1) is 6.36. The van der Waals surface area contributed by atoms with E-state index in [-0.39, 0.29) is 6.04 Å². The van der Waals surface area contributed by atoms with Crippen LogP contribution >= 0.6 is 0 Å². The molecule has 0 aliphatic heterocycles. The van der Waals surface area contributed by atoms with E-state index >= 15 is 0 Å². The number of alkyl halides is 1. The summed E-state index contributed by atoms with van der Waals surface area (Å²) in [5.74, 6) is 0. The normalized spacial score (nSPS) is 12.5. The summed E-state index contributed by atoms with van der Waals surface area (Å²) in [6.07, 6.45) is 0. The zero-order chi connectivity index (χ0) is 9.52. The van der Waals surface area contributed by atoms with Gasteiger partial charge >= 0.3 is 0 Å². The van der Waals surface area contributed by atoms with Crippen LogP contribution < -0.4 is 5.32 Å². The van der Waals surface area contributed by atoms with Crippen LogP contribution in [-0.4, -0.2) is 26.4 Å². The summed E-state index contributed by atoms with van der Waals surface area (Å²) >= 11 is 0. The Hall–Kier alpha value is -1.09. The standard InChI is InChI=1S/C10H14FNO/c1-13-8-10(7-11)12-9-5-3-2-4-6-9/h2-6,10,12H,7-8H2,1H3. The van der Waals surface area contributed by atoms with E-state index in [0.29, 0.717) is 6.61 Å². The lowest BCUT2D eigenvalue weighted by molar-refractivity contribution is 0.175. The molecule has 0 fully saturated rings.